The molecule has 5 atom stereocenters. The monoisotopic (exact) mass is 365 g/mol. The van der Waals surface area contributed by atoms with Crippen LogP contribution in [0.25, 0.3) is 5.57 Å². The number of aromatic nitrogens is 3. The van der Waals surface area contributed by atoms with E-state index < -0.39 is 0 Å². The number of nitrogens with zero attached hydrogens (tertiary/aromatic N) is 3. The molecule has 6 nitrogen and oxygen atoms in total. The van der Waals surface area contributed by atoms with Gasteiger partial charge in [-0.15, -0.1) is 5.10 Å². The lowest BCUT2D eigenvalue weighted by Crippen LogP contribution is -2.33. The third-order valence-electron chi connectivity index (χ3n) is 6.40. The molecule has 0 spiro atoms. The number of aliphatic hydroxyl groups is 1. The summed E-state index contributed by atoms with van der Waals surface area (Å²) in [6, 6.07) is 4.13. The SMILES string of the molecule is Cc1cc(C)c(C2=C(O)[C@@H]3[C@@H]4O[C@@H](C[C@@H]4c4cn(C)nn4)[C@@H]3C2=O)c(C)c1. The molecule has 2 fully saturated rings. The van der Waals surface area contributed by atoms with Crippen molar-refractivity contribution in [1.82, 2.24) is 15.0 Å². The van der Waals surface area contributed by atoms with E-state index in [4.69, 9.17) is 4.74 Å². The highest BCUT2D eigenvalue weighted by molar-refractivity contribution is 6.26. The Labute approximate surface area is 157 Å². The summed E-state index contributed by atoms with van der Waals surface area (Å²) >= 11 is 0. The molecule has 2 aromatic rings. The Bertz CT molecular complexity index is 983. The van der Waals surface area contributed by atoms with Crippen LogP contribution in [0.1, 0.15) is 40.3 Å². The molecule has 1 N–H and O–H groups in total. The molecule has 0 amide bonds. The molecule has 0 saturated carbocycles. The van der Waals surface area contributed by atoms with Crippen LogP contribution in [0, 0.1) is 32.6 Å². The van der Waals surface area contributed by atoms with Crippen LogP contribution < -0.4 is 0 Å². The Kier molecular flexibility index (Phi) is 3.41. The smallest absolute Gasteiger partial charge is 0.173 e. The Morgan fingerprint density at radius 2 is 1.89 bits per heavy atom. The van der Waals surface area contributed by atoms with Crippen molar-refractivity contribution in [3.05, 3.63) is 52.0 Å². The zero-order chi connectivity index (χ0) is 19.0. The molecule has 6 heteroatoms. The Morgan fingerprint density at radius 1 is 1.19 bits per heavy atom. The molecule has 3 heterocycles. The summed E-state index contributed by atoms with van der Waals surface area (Å²) in [5.74, 6) is -0.269. The number of ketones is 1. The van der Waals surface area contributed by atoms with Crippen LogP contribution in [0.2, 0.25) is 0 Å². The molecular formula is C21H23N3O3. The van der Waals surface area contributed by atoms with E-state index in [1.54, 1.807) is 4.68 Å². The van der Waals surface area contributed by atoms with Gasteiger partial charge in [-0.25, -0.2) is 0 Å². The second kappa shape index (κ2) is 5.52. The van der Waals surface area contributed by atoms with Crippen LogP contribution in [0.15, 0.2) is 24.1 Å². The summed E-state index contributed by atoms with van der Waals surface area (Å²) < 4.78 is 7.81. The number of hydrogen-bond donors (Lipinski definition) is 1. The minimum atomic E-state index is -0.280. The Balaban J connectivity index is 1.58. The standard InChI is InChI=1S/C21H23N3O3/c1-9-5-10(2)15(11(3)6-9)17-19(25)16-14-7-12(13-8-24(4)23-22-13)21(27-14)18(16)20(17)26/h5-6,8,12,14,16,18,21,26H,7H2,1-4H3/t12-,14+,16+,18-,21-/m1/s1. The average Bonchev–Trinajstić information content (AvgIpc) is 3.33. The average molecular weight is 365 g/mol. The van der Waals surface area contributed by atoms with Crippen molar-refractivity contribution in [1.29, 1.82) is 0 Å². The van der Waals surface area contributed by atoms with Crippen molar-refractivity contribution in [3.63, 3.8) is 0 Å². The molecule has 27 heavy (non-hydrogen) atoms. The zero-order valence-corrected chi connectivity index (χ0v) is 15.9. The van der Waals surface area contributed by atoms with Gasteiger partial charge in [-0.3, -0.25) is 9.48 Å². The number of rotatable bonds is 2. The summed E-state index contributed by atoms with van der Waals surface area (Å²) in [7, 11) is 1.84. The van der Waals surface area contributed by atoms with Gasteiger partial charge in [0, 0.05) is 19.2 Å². The van der Waals surface area contributed by atoms with Crippen LogP contribution in [0.3, 0.4) is 0 Å². The molecule has 5 rings (SSSR count). The van der Waals surface area contributed by atoms with Gasteiger partial charge in [-0.05, 0) is 43.9 Å². The normalized spacial score (nSPS) is 31.9. The first-order chi connectivity index (χ1) is 12.9. The van der Waals surface area contributed by atoms with E-state index in [-0.39, 0.29) is 41.5 Å². The van der Waals surface area contributed by atoms with E-state index in [1.807, 2.05) is 34.0 Å². The minimum Gasteiger partial charge on any atom is -0.511 e. The highest BCUT2D eigenvalue weighted by Gasteiger charge is 2.63. The van der Waals surface area contributed by atoms with Gasteiger partial charge in [0.2, 0.25) is 0 Å². The summed E-state index contributed by atoms with van der Waals surface area (Å²) in [4.78, 5) is 13.3. The van der Waals surface area contributed by atoms with Gasteiger partial charge in [-0.2, -0.15) is 0 Å². The second-order valence-electron chi connectivity index (χ2n) is 8.25. The predicted molar refractivity (Wildman–Crippen MR) is 99.2 cm³/mol. The maximum absolute atomic E-state index is 13.3. The minimum absolute atomic E-state index is 0.0256. The lowest BCUT2D eigenvalue weighted by Gasteiger charge is -2.26. The van der Waals surface area contributed by atoms with E-state index in [1.165, 1.54) is 0 Å². The molecule has 140 valence electrons. The number of aliphatic hydroxyl groups excluding tert-OH is 1. The topological polar surface area (TPSA) is 77.2 Å². The number of hydrogen-bond acceptors (Lipinski definition) is 5. The first-order valence-electron chi connectivity index (χ1n) is 9.44. The van der Waals surface area contributed by atoms with Crippen molar-refractivity contribution in [3.8, 4) is 0 Å². The van der Waals surface area contributed by atoms with E-state index >= 15 is 0 Å². The van der Waals surface area contributed by atoms with Crippen molar-refractivity contribution >= 4 is 11.4 Å². The fraction of sp³-hybridized carbons (Fsp3) is 0.476. The summed E-state index contributed by atoms with van der Waals surface area (Å²) in [6.07, 6.45) is 2.27. The first kappa shape index (κ1) is 16.7. The van der Waals surface area contributed by atoms with Gasteiger partial charge in [0.25, 0.3) is 0 Å². The molecule has 0 radical (unpaired) electrons. The van der Waals surface area contributed by atoms with Gasteiger partial charge in [0.05, 0.1) is 35.3 Å². The van der Waals surface area contributed by atoms with Crippen LogP contribution in [0.5, 0.6) is 0 Å². The molecule has 2 aliphatic heterocycles. The lowest BCUT2D eigenvalue weighted by atomic mass is 9.74. The van der Waals surface area contributed by atoms with Gasteiger partial charge in [-0.1, -0.05) is 22.9 Å². The van der Waals surface area contributed by atoms with E-state index in [0.29, 0.717) is 5.57 Å². The van der Waals surface area contributed by atoms with Crippen molar-refractivity contribution in [2.45, 2.75) is 45.3 Å². The van der Waals surface area contributed by atoms with Gasteiger partial charge in [0.1, 0.15) is 5.76 Å². The maximum atomic E-state index is 13.3. The van der Waals surface area contributed by atoms with Crippen molar-refractivity contribution < 1.29 is 14.6 Å². The first-order valence-corrected chi connectivity index (χ1v) is 9.44. The number of aryl methyl sites for hydroxylation is 4. The molecule has 2 saturated heterocycles. The van der Waals surface area contributed by atoms with Gasteiger partial charge >= 0.3 is 0 Å². The number of carbonyl (C=O) groups excluding carboxylic acids is 1. The number of allylic oxidation sites excluding steroid dienone is 1. The molecule has 3 aliphatic rings. The van der Waals surface area contributed by atoms with E-state index in [0.717, 1.165) is 34.4 Å². The van der Waals surface area contributed by atoms with Crippen LogP contribution in [-0.2, 0) is 16.6 Å². The van der Waals surface area contributed by atoms with Crippen molar-refractivity contribution in [2.75, 3.05) is 0 Å². The largest absolute Gasteiger partial charge is 0.511 e. The predicted octanol–water partition coefficient (Wildman–Crippen LogP) is 2.78. The summed E-state index contributed by atoms with van der Waals surface area (Å²) in [5, 5.41) is 19.4. The second-order valence-corrected chi connectivity index (χ2v) is 8.25. The van der Waals surface area contributed by atoms with Crippen molar-refractivity contribution in [2.24, 2.45) is 18.9 Å². The number of Topliss-reactive ketones (excluding diaryl/α,β-unsaturated/α-hetero) is 1. The number of fused-ring (bicyclic) bond motifs is 5. The van der Waals surface area contributed by atoms with E-state index in [9.17, 15) is 9.90 Å². The maximum Gasteiger partial charge on any atom is 0.173 e. The van der Waals surface area contributed by atoms with Gasteiger partial charge < -0.3 is 9.84 Å². The molecular weight excluding hydrogens is 342 g/mol. The van der Waals surface area contributed by atoms with Gasteiger partial charge in [0.15, 0.2) is 5.78 Å². The Morgan fingerprint density at radius 3 is 2.52 bits per heavy atom. The fourth-order valence-corrected chi connectivity index (χ4v) is 5.51. The zero-order valence-electron chi connectivity index (χ0n) is 15.9. The Hall–Kier alpha value is -2.47. The number of ether oxygens (including phenoxy) is 1. The quantitative estimate of drug-likeness (QED) is 0.885. The molecule has 2 bridgehead atoms. The fourth-order valence-electron chi connectivity index (χ4n) is 5.51. The third kappa shape index (κ3) is 2.19. The summed E-state index contributed by atoms with van der Waals surface area (Å²) in [5.41, 5.74) is 5.47. The number of benzene rings is 1. The van der Waals surface area contributed by atoms with E-state index in [2.05, 4.69) is 22.4 Å². The van der Waals surface area contributed by atoms with Crippen LogP contribution >= 0.6 is 0 Å². The highest BCUT2D eigenvalue weighted by atomic mass is 16.5. The highest BCUT2D eigenvalue weighted by Crippen LogP contribution is 2.58. The molecule has 1 aliphatic carbocycles. The lowest BCUT2D eigenvalue weighted by molar-refractivity contribution is -0.118. The molecule has 1 aromatic heterocycles. The molecule has 1 aromatic carbocycles. The van der Waals surface area contributed by atoms with Crippen LogP contribution in [-0.4, -0.2) is 38.1 Å². The summed E-state index contributed by atoms with van der Waals surface area (Å²) in [6.45, 7) is 6.05. The third-order valence-corrected chi connectivity index (χ3v) is 6.40. The number of carbonyl (C=O) groups is 1. The molecule has 0 unspecified atom stereocenters. The van der Waals surface area contributed by atoms with Crippen LogP contribution in [0.4, 0.5) is 0 Å².